The van der Waals surface area contributed by atoms with E-state index in [4.69, 9.17) is 11.6 Å². The Kier molecular flexibility index (Phi) is 4.39. The first-order chi connectivity index (χ1) is 11.3. The highest BCUT2D eigenvalue weighted by atomic mass is 35.5. The monoisotopic (exact) mass is 364 g/mol. The molecule has 2 heterocycles. The Bertz CT molecular complexity index is 983. The van der Waals surface area contributed by atoms with Crippen LogP contribution in [0.5, 0.6) is 0 Å². The molecular weight excluding hydrogens is 350 g/mol. The summed E-state index contributed by atoms with van der Waals surface area (Å²) in [6, 6.07) is 12.4. The molecule has 4 nitrogen and oxygen atoms in total. The largest absolute Gasteiger partial charge is 0.261 e. The molecular formula is C18H15ClN2O2S. The van der Waals surface area contributed by atoms with E-state index in [2.05, 4.69) is 9.97 Å². The maximum absolute atomic E-state index is 11.6. The highest BCUT2D eigenvalue weighted by Gasteiger charge is 2.12. The van der Waals surface area contributed by atoms with Crippen LogP contribution in [0, 0.1) is 6.92 Å². The second-order valence-corrected chi connectivity index (χ2v) is 7.99. The minimum absolute atomic E-state index is 0.278. The Morgan fingerprint density at radius 3 is 2.17 bits per heavy atom. The third kappa shape index (κ3) is 3.47. The molecule has 3 aromatic rings. The second-order valence-electron chi connectivity index (χ2n) is 5.53. The topological polar surface area (TPSA) is 59.9 Å². The fourth-order valence-corrected chi connectivity index (χ4v) is 3.17. The summed E-state index contributed by atoms with van der Waals surface area (Å²) in [5.74, 6) is 0. The van der Waals surface area contributed by atoms with Crippen molar-refractivity contribution >= 4 is 21.4 Å². The van der Waals surface area contributed by atoms with Crippen molar-refractivity contribution < 1.29 is 8.42 Å². The molecule has 0 bridgehead atoms. The van der Waals surface area contributed by atoms with E-state index in [0.29, 0.717) is 5.02 Å². The number of hydrogen-bond donors (Lipinski definition) is 0. The summed E-state index contributed by atoms with van der Waals surface area (Å²) in [4.78, 5) is 9.02. The van der Waals surface area contributed by atoms with E-state index in [1.807, 2.05) is 25.1 Å². The van der Waals surface area contributed by atoms with Gasteiger partial charge in [-0.25, -0.2) is 8.42 Å². The smallest absolute Gasteiger partial charge is 0.175 e. The van der Waals surface area contributed by atoms with Crippen LogP contribution in [-0.2, 0) is 9.84 Å². The summed E-state index contributed by atoms with van der Waals surface area (Å²) in [5.41, 5.74) is 4.21. The first-order valence-electron chi connectivity index (χ1n) is 7.24. The maximum Gasteiger partial charge on any atom is 0.175 e. The van der Waals surface area contributed by atoms with Gasteiger partial charge in [0.1, 0.15) is 0 Å². The van der Waals surface area contributed by atoms with Crippen LogP contribution in [0.3, 0.4) is 0 Å². The lowest BCUT2D eigenvalue weighted by molar-refractivity contribution is 0.602. The van der Waals surface area contributed by atoms with Gasteiger partial charge in [0.15, 0.2) is 9.84 Å². The van der Waals surface area contributed by atoms with E-state index >= 15 is 0 Å². The van der Waals surface area contributed by atoms with Crippen LogP contribution in [-0.4, -0.2) is 24.6 Å². The Labute approximate surface area is 146 Å². The van der Waals surface area contributed by atoms with Crippen molar-refractivity contribution in [3.63, 3.8) is 0 Å². The molecule has 0 saturated heterocycles. The van der Waals surface area contributed by atoms with Gasteiger partial charge in [-0.15, -0.1) is 0 Å². The van der Waals surface area contributed by atoms with Crippen LogP contribution in [0.25, 0.3) is 22.4 Å². The Balaban J connectivity index is 2.13. The number of nitrogens with zero attached hydrogens (tertiary/aromatic N) is 2. The third-order valence-electron chi connectivity index (χ3n) is 3.63. The van der Waals surface area contributed by atoms with E-state index in [1.165, 1.54) is 6.26 Å². The molecule has 1 aromatic carbocycles. The molecule has 0 saturated carbocycles. The quantitative estimate of drug-likeness (QED) is 0.699. The zero-order valence-corrected chi connectivity index (χ0v) is 14.8. The number of aromatic nitrogens is 2. The molecule has 0 unspecified atom stereocenters. The minimum atomic E-state index is -3.23. The van der Waals surface area contributed by atoms with Crippen LogP contribution in [0.1, 0.15) is 5.69 Å². The minimum Gasteiger partial charge on any atom is -0.261 e. The molecule has 3 rings (SSSR count). The lowest BCUT2D eigenvalue weighted by Gasteiger charge is -2.10. The van der Waals surface area contributed by atoms with Crippen LogP contribution in [0.2, 0.25) is 5.02 Å². The molecule has 0 radical (unpaired) electrons. The van der Waals surface area contributed by atoms with E-state index in [9.17, 15) is 8.42 Å². The van der Waals surface area contributed by atoms with Crippen molar-refractivity contribution in [2.45, 2.75) is 11.8 Å². The highest BCUT2D eigenvalue weighted by molar-refractivity contribution is 7.90. The summed E-state index contributed by atoms with van der Waals surface area (Å²) in [5, 5.41) is 0.515. The molecule has 0 spiro atoms. The predicted octanol–water partition coefficient (Wildman–Crippen LogP) is 4.18. The number of sulfone groups is 1. The Hall–Kier alpha value is -2.24. The molecule has 0 aliphatic carbocycles. The lowest BCUT2D eigenvalue weighted by atomic mass is 10.1. The van der Waals surface area contributed by atoms with Crippen molar-refractivity contribution in [2.75, 3.05) is 6.26 Å². The van der Waals surface area contributed by atoms with Crippen molar-refractivity contribution in [3.8, 4) is 22.4 Å². The van der Waals surface area contributed by atoms with Gasteiger partial charge in [0.05, 0.1) is 15.6 Å². The molecule has 0 aliphatic heterocycles. The molecule has 24 heavy (non-hydrogen) atoms. The van der Waals surface area contributed by atoms with Crippen LogP contribution < -0.4 is 0 Å². The standard InChI is InChI=1S/C18H15ClN2O2S/c1-12-3-4-14(10-20-12)18-17(9-15(19)11-21-18)13-5-7-16(8-6-13)24(2,22)23/h3-11H,1-2H3/i5+1,6+1,7+1,8+1,13+1,16+1. The molecule has 0 fully saturated rings. The first kappa shape index (κ1) is 16.6. The van der Waals surface area contributed by atoms with Gasteiger partial charge in [0, 0.05) is 35.5 Å². The zero-order chi connectivity index (χ0) is 17.3. The van der Waals surface area contributed by atoms with Gasteiger partial charge in [-0.3, -0.25) is 9.97 Å². The van der Waals surface area contributed by atoms with Crippen molar-refractivity contribution in [1.29, 1.82) is 0 Å². The van der Waals surface area contributed by atoms with Gasteiger partial charge < -0.3 is 0 Å². The number of aryl methyl sites for hydroxylation is 1. The number of hydrogen-bond acceptors (Lipinski definition) is 4. The van der Waals surface area contributed by atoms with Crippen molar-refractivity contribution in [2.24, 2.45) is 0 Å². The number of rotatable bonds is 3. The molecule has 0 atom stereocenters. The summed E-state index contributed by atoms with van der Waals surface area (Å²) < 4.78 is 23.2. The molecule has 0 N–H and O–H groups in total. The Morgan fingerprint density at radius 2 is 1.58 bits per heavy atom. The summed E-state index contributed by atoms with van der Waals surface area (Å²) in [7, 11) is -3.23. The highest BCUT2D eigenvalue weighted by Crippen LogP contribution is 2.32. The first-order valence-corrected chi connectivity index (χ1v) is 9.50. The fraction of sp³-hybridized carbons (Fsp3) is 0.111. The Morgan fingerprint density at radius 1 is 0.917 bits per heavy atom. The second kappa shape index (κ2) is 6.34. The molecule has 0 amide bonds. The van der Waals surface area contributed by atoms with E-state index in [-0.39, 0.29) is 4.90 Å². The van der Waals surface area contributed by atoms with Gasteiger partial charge in [-0.2, -0.15) is 0 Å². The molecule has 2 aromatic heterocycles. The zero-order valence-electron chi connectivity index (χ0n) is 13.2. The van der Waals surface area contributed by atoms with Gasteiger partial charge in [-0.1, -0.05) is 23.7 Å². The van der Waals surface area contributed by atoms with E-state index < -0.39 is 9.84 Å². The average Bonchev–Trinajstić information content (AvgIpc) is 2.55. The number of pyridine rings is 2. The van der Waals surface area contributed by atoms with E-state index in [1.54, 1.807) is 36.7 Å². The average molecular weight is 365 g/mol. The van der Waals surface area contributed by atoms with Gasteiger partial charge in [0.2, 0.25) is 0 Å². The van der Waals surface area contributed by atoms with Gasteiger partial charge >= 0.3 is 0 Å². The fourth-order valence-electron chi connectivity index (χ4n) is 2.38. The van der Waals surface area contributed by atoms with Crippen LogP contribution >= 0.6 is 11.6 Å². The lowest BCUT2D eigenvalue weighted by Crippen LogP contribution is -1.97. The summed E-state index contributed by atoms with van der Waals surface area (Å²) >= 11 is 6.11. The molecule has 122 valence electrons. The molecule has 0 aliphatic rings. The van der Waals surface area contributed by atoms with Crippen molar-refractivity contribution in [3.05, 3.63) is 65.6 Å². The predicted molar refractivity (Wildman–Crippen MR) is 95.8 cm³/mol. The van der Waals surface area contributed by atoms with Crippen LogP contribution in [0.15, 0.2) is 59.8 Å². The SMILES string of the molecule is Cc1ccc(-c2ncc(Cl)cc2-[13c]2[13cH][13cH][13c](S(C)(=O)=O)[13cH][13cH]2)cn1. The third-order valence-corrected chi connectivity index (χ3v) is 4.97. The summed E-state index contributed by atoms with van der Waals surface area (Å²) in [6.07, 6.45) is 4.54. The number of halogens is 1. The van der Waals surface area contributed by atoms with Gasteiger partial charge in [-0.05, 0) is 42.8 Å². The van der Waals surface area contributed by atoms with E-state index in [0.717, 1.165) is 28.1 Å². The molecule has 6 heteroatoms. The normalized spacial score (nSPS) is 11.5. The van der Waals surface area contributed by atoms with Gasteiger partial charge in [0.25, 0.3) is 0 Å². The maximum atomic E-state index is 11.6. The van der Waals surface area contributed by atoms with Crippen molar-refractivity contribution in [1.82, 2.24) is 9.97 Å². The summed E-state index contributed by atoms with van der Waals surface area (Å²) in [6.45, 7) is 1.92. The van der Waals surface area contributed by atoms with Crippen LogP contribution in [0.4, 0.5) is 0 Å². The number of benzene rings is 1.